The van der Waals surface area contributed by atoms with Gasteiger partial charge in [0.05, 0.1) is 12.6 Å². The fraction of sp³-hybridized carbons (Fsp3) is 0.571. The zero-order valence-corrected chi connectivity index (χ0v) is 10.8. The molecule has 2 N–H and O–H groups in total. The normalized spacial score (nSPS) is 22.0. The van der Waals surface area contributed by atoms with Crippen molar-refractivity contribution in [2.45, 2.75) is 25.0 Å². The molecule has 0 bridgehead atoms. The van der Waals surface area contributed by atoms with E-state index in [1.807, 2.05) is 30.3 Å². The van der Waals surface area contributed by atoms with Gasteiger partial charge in [0, 0.05) is 25.7 Å². The maximum absolute atomic E-state index is 12.4. The number of rotatable bonds is 6. The Labute approximate surface area is 112 Å². The Morgan fingerprint density at radius 2 is 2.05 bits per heavy atom. The van der Waals surface area contributed by atoms with Crippen LogP contribution in [0.15, 0.2) is 30.3 Å². The van der Waals surface area contributed by atoms with Crippen molar-refractivity contribution in [3.05, 3.63) is 35.9 Å². The smallest absolute Gasteiger partial charge is 0.250 e. The Hall–Kier alpha value is -1.04. The minimum atomic E-state index is -2.35. The molecule has 1 heterocycles. The van der Waals surface area contributed by atoms with E-state index >= 15 is 0 Å². The van der Waals surface area contributed by atoms with Crippen molar-refractivity contribution < 1.29 is 13.9 Å². The Morgan fingerprint density at radius 3 is 2.63 bits per heavy atom. The summed E-state index contributed by atoms with van der Waals surface area (Å²) in [5.74, 6) is 0. The van der Waals surface area contributed by atoms with Crippen LogP contribution in [0.3, 0.4) is 0 Å². The van der Waals surface area contributed by atoms with Crippen molar-refractivity contribution in [3.63, 3.8) is 0 Å². The number of halogens is 2. The van der Waals surface area contributed by atoms with Crippen molar-refractivity contribution in [3.8, 4) is 0 Å². The Balaban J connectivity index is 1.97. The summed E-state index contributed by atoms with van der Waals surface area (Å²) in [5, 5.41) is 12.4. The minimum Gasteiger partial charge on any atom is -0.392 e. The molecule has 0 spiro atoms. The topological polar surface area (TPSA) is 35.5 Å². The first-order chi connectivity index (χ1) is 9.15. The molecule has 0 aliphatic carbocycles. The Bertz CT molecular complexity index is 375. The van der Waals surface area contributed by atoms with E-state index in [-0.39, 0.29) is 18.7 Å². The van der Waals surface area contributed by atoms with E-state index in [2.05, 4.69) is 10.2 Å². The fourth-order valence-corrected chi connectivity index (χ4v) is 2.44. The van der Waals surface area contributed by atoms with E-state index in [4.69, 9.17) is 0 Å². The first-order valence-corrected chi connectivity index (χ1v) is 6.62. The fourth-order valence-electron chi connectivity index (χ4n) is 2.44. The van der Waals surface area contributed by atoms with E-state index in [1.165, 1.54) is 0 Å². The number of aliphatic hydroxyl groups excluding tert-OH is 1. The lowest BCUT2D eigenvalue weighted by Gasteiger charge is -2.25. The monoisotopic (exact) mass is 270 g/mol. The van der Waals surface area contributed by atoms with Crippen LogP contribution in [-0.2, 0) is 0 Å². The number of alkyl halides is 2. The van der Waals surface area contributed by atoms with Gasteiger partial charge in [-0.3, -0.25) is 4.90 Å². The molecule has 0 amide bonds. The maximum atomic E-state index is 12.4. The molecule has 2 unspecified atom stereocenters. The first-order valence-electron chi connectivity index (χ1n) is 6.62. The maximum Gasteiger partial charge on any atom is 0.250 e. The van der Waals surface area contributed by atoms with Gasteiger partial charge in [0.25, 0.3) is 6.43 Å². The average molecular weight is 270 g/mol. The highest BCUT2D eigenvalue weighted by Gasteiger charge is 2.24. The SMILES string of the molecule is OC1CCN(CC(NCC(F)F)c2ccccc2)C1. The molecular weight excluding hydrogens is 250 g/mol. The summed E-state index contributed by atoms with van der Waals surface area (Å²) in [6, 6.07) is 9.48. The molecule has 3 nitrogen and oxygen atoms in total. The molecule has 5 heteroatoms. The molecule has 106 valence electrons. The lowest BCUT2D eigenvalue weighted by atomic mass is 10.1. The molecular formula is C14H20F2N2O. The quantitative estimate of drug-likeness (QED) is 0.825. The molecule has 1 saturated heterocycles. The highest BCUT2D eigenvalue weighted by molar-refractivity contribution is 5.19. The molecule has 2 atom stereocenters. The number of nitrogens with one attached hydrogen (secondary N) is 1. The van der Waals surface area contributed by atoms with Crippen molar-refractivity contribution >= 4 is 0 Å². The molecule has 19 heavy (non-hydrogen) atoms. The zero-order chi connectivity index (χ0) is 13.7. The van der Waals surface area contributed by atoms with Crippen molar-refractivity contribution in [2.24, 2.45) is 0 Å². The van der Waals surface area contributed by atoms with E-state index in [0.717, 1.165) is 18.5 Å². The lowest BCUT2D eigenvalue weighted by molar-refractivity contribution is 0.135. The van der Waals surface area contributed by atoms with Gasteiger partial charge in [0.2, 0.25) is 0 Å². The second-order valence-electron chi connectivity index (χ2n) is 4.96. The second-order valence-corrected chi connectivity index (χ2v) is 4.96. The van der Waals surface area contributed by atoms with E-state index in [0.29, 0.717) is 13.1 Å². The van der Waals surface area contributed by atoms with Gasteiger partial charge in [-0.15, -0.1) is 0 Å². The number of aliphatic hydroxyl groups is 1. The van der Waals surface area contributed by atoms with Gasteiger partial charge in [-0.2, -0.15) is 0 Å². The van der Waals surface area contributed by atoms with Crippen LogP contribution in [0.2, 0.25) is 0 Å². The van der Waals surface area contributed by atoms with Gasteiger partial charge in [0.1, 0.15) is 0 Å². The second kappa shape index (κ2) is 6.93. The highest BCUT2D eigenvalue weighted by Crippen LogP contribution is 2.18. The molecule has 0 saturated carbocycles. The van der Waals surface area contributed by atoms with E-state index < -0.39 is 6.43 Å². The average Bonchev–Trinajstić information content (AvgIpc) is 2.81. The number of benzene rings is 1. The summed E-state index contributed by atoms with van der Waals surface area (Å²) in [7, 11) is 0. The Kier molecular flexibility index (Phi) is 5.24. The number of nitrogens with zero attached hydrogens (tertiary/aromatic N) is 1. The van der Waals surface area contributed by atoms with Crippen LogP contribution in [0, 0.1) is 0 Å². The Morgan fingerprint density at radius 1 is 1.32 bits per heavy atom. The van der Waals surface area contributed by atoms with Crippen LogP contribution in [0.25, 0.3) is 0 Å². The third-order valence-electron chi connectivity index (χ3n) is 3.41. The number of β-amino-alcohol motifs (C(OH)–C–C–N with tert-alkyl or cyclic N) is 1. The number of likely N-dealkylation sites (tertiary alicyclic amines) is 1. The standard InChI is InChI=1S/C14H20F2N2O/c15-14(16)8-17-13(11-4-2-1-3-5-11)10-18-7-6-12(19)9-18/h1-5,12-14,17,19H,6-10H2. The van der Waals surface area contributed by atoms with Gasteiger partial charge >= 0.3 is 0 Å². The van der Waals surface area contributed by atoms with Gasteiger partial charge < -0.3 is 10.4 Å². The number of hydrogen-bond donors (Lipinski definition) is 2. The van der Waals surface area contributed by atoms with Crippen molar-refractivity contribution in [1.29, 1.82) is 0 Å². The molecule has 0 aromatic heterocycles. The third kappa shape index (κ3) is 4.53. The zero-order valence-electron chi connectivity index (χ0n) is 10.8. The van der Waals surface area contributed by atoms with Crippen LogP contribution < -0.4 is 5.32 Å². The van der Waals surface area contributed by atoms with E-state index in [9.17, 15) is 13.9 Å². The largest absolute Gasteiger partial charge is 0.392 e. The summed E-state index contributed by atoms with van der Waals surface area (Å²) in [6.45, 7) is 1.78. The summed E-state index contributed by atoms with van der Waals surface area (Å²) in [6.07, 6.45) is -1.88. The predicted molar refractivity (Wildman–Crippen MR) is 70.3 cm³/mol. The minimum absolute atomic E-state index is 0.125. The van der Waals surface area contributed by atoms with Crippen LogP contribution in [0.5, 0.6) is 0 Å². The summed E-state index contributed by atoms with van der Waals surface area (Å²) in [4.78, 5) is 2.11. The first kappa shape index (κ1) is 14.4. The molecule has 1 aromatic carbocycles. The molecule has 2 rings (SSSR count). The van der Waals surface area contributed by atoms with Crippen LogP contribution in [0.4, 0.5) is 8.78 Å². The van der Waals surface area contributed by atoms with Gasteiger partial charge in [-0.05, 0) is 12.0 Å². The summed E-state index contributed by atoms with van der Waals surface area (Å²) >= 11 is 0. The van der Waals surface area contributed by atoms with Crippen molar-refractivity contribution in [2.75, 3.05) is 26.2 Å². The van der Waals surface area contributed by atoms with Crippen LogP contribution in [-0.4, -0.2) is 48.7 Å². The molecule has 1 aliphatic heterocycles. The third-order valence-corrected chi connectivity index (χ3v) is 3.41. The molecule has 1 aromatic rings. The van der Waals surface area contributed by atoms with Crippen LogP contribution >= 0.6 is 0 Å². The summed E-state index contributed by atoms with van der Waals surface area (Å²) in [5.41, 5.74) is 1.00. The molecule has 1 aliphatic rings. The number of hydrogen-bond acceptors (Lipinski definition) is 3. The van der Waals surface area contributed by atoms with Crippen LogP contribution in [0.1, 0.15) is 18.0 Å². The van der Waals surface area contributed by atoms with Gasteiger partial charge in [-0.1, -0.05) is 30.3 Å². The van der Waals surface area contributed by atoms with Gasteiger partial charge in [-0.25, -0.2) is 8.78 Å². The van der Waals surface area contributed by atoms with Crippen molar-refractivity contribution in [1.82, 2.24) is 10.2 Å². The summed E-state index contributed by atoms with van der Waals surface area (Å²) < 4.78 is 24.7. The predicted octanol–water partition coefficient (Wildman–Crippen LogP) is 1.65. The highest BCUT2D eigenvalue weighted by atomic mass is 19.3. The van der Waals surface area contributed by atoms with Gasteiger partial charge in [0.15, 0.2) is 0 Å². The lowest BCUT2D eigenvalue weighted by Crippen LogP contribution is -2.36. The van der Waals surface area contributed by atoms with E-state index in [1.54, 1.807) is 0 Å². The molecule has 1 fully saturated rings. The molecule has 0 radical (unpaired) electrons.